The minimum absolute atomic E-state index is 0.170. The van der Waals surface area contributed by atoms with Crippen LogP contribution in [0.3, 0.4) is 0 Å². The minimum Gasteiger partial charge on any atom is -0.223 e. The number of thiol groups is 1. The molecule has 0 aromatic rings. The van der Waals surface area contributed by atoms with Crippen molar-refractivity contribution in [3.05, 3.63) is 22.5 Å². The van der Waals surface area contributed by atoms with Gasteiger partial charge < -0.3 is 0 Å². The molecule has 0 fully saturated rings. The third-order valence-electron chi connectivity index (χ3n) is 1.92. The van der Waals surface area contributed by atoms with Crippen LogP contribution in [0, 0.1) is 0 Å². The van der Waals surface area contributed by atoms with Gasteiger partial charge in [0, 0.05) is 0 Å². The molecule has 0 saturated carbocycles. The largest absolute Gasteiger partial charge is 0.223 e. The van der Waals surface area contributed by atoms with Crippen LogP contribution in [-0.4, -0.2) is 7.22 Å². The highest BCUT2D eigenvalue weighted by atomic mass is 32.4. The number of hydrogen-bond acceptors (Lipinski definition) is 0. The molecule has 1 rings (SSSR count). The Hall–Kier alpha value is 0.0469. The summed E-state index contributed by atoms with van der Waals surface area (Å²) in [4.78, 5) is 1.71. The van der Waals surface area contributed by atoms with Gasteiger partial charge in [-0.1, -0.05) is 44.1 Å². The topological polar surface area (TPSA) is 0 Å². The lowest BCUT2D eigenvalue weighted by Gasteiger charge is -2.30. The van der Waals surface area contributed by atoms with Crippen LogP contribution < -0.4 is 0 Å². The average Bonchev–Trinajstić information content (AvgIpc) is 2.31. The third kappa shape index (κ3) is 2.00. The van der Waals surface area contributed by atoms with E-state index in [2.05, 4.69) is 44.1 Å². The summed E-state index contributed by atoms with van der Waals surface area (Å²) in [5, 5.41) is 2.44. The molecule has 0 radical (unpaired) electrons. The fourth-order valence-corrected chi connectivity index (χ4v) is 8.59. The van der Waals surface area contributed by atoms with E-state index in [9.17, 15) is 0 Å². The van der Waals surface area contributed by atoms with Gasteiger partial charge in [-0.25, -0.2) is 10.3 Å². The lowest BCUT2D eigenvalue weighted by atomic mass is 10.4. The molecule has 0 saturated heterocycles. The van der Waals surface area contributed by atoms with Gasteiger partial charge in [-0.3, -0.25) is 0 Å². The number of allylic oxidation sites excluding steroid dienone is 3. The van der Waals surface area contributed by atoms with Gasteiger partial charge in [0.15, 0.2) is 0 Å². The van der Waals surface area contributed by atoms with Crippen LogP contribution >= 0.6 is 10.3 Å². The molecule has 0 nitrogen and oxygen atoms in total. The Labute approximate surface area is 73.4 Å². The fourth-order valence-electron chi connectivity index (χ4n) is 1.36. The molecule has 0 aromatic carbocycles. The van der Waals surface area contributed by atoms with Gasteiger partial charge in [0.05, 0.1) is 7.22 Å². The average molecular weight is 186 g/mol. The van der Waals surface area contributed by atoms with E-state index in [1.165, 1.54) is 6.42 Å². The quantitative estimate of drug-likeness (QED) is 0.494. The first-order valence-electron chi connectivity index (χ1n) is 4.22. The fraction of sp³-hybridized carbons (Fsp3) is 0.556. The smallest absolute Gasteiger partial charge is 0.0945 e. The van der Waals surface area contributed by atoms with Gasteiger partial charge in [0.2, 0.25) is 0 Å². The molecule has 0 spiro atoms. The van der Waals surface area contributed by atoms with Gasteiger partial charge in [-0.2, -0.15) is 0 Å². The summed E-state index contributed by atoms with van der Waals surface area (Å²) < 4.78 is 0. The van der Waals surface area contributed by atoms with Gasteiger partial charge in [0.25, 0.3) is 0 Å². The van der Waals surface area contributed by atoms with E-state index < -0.39 is 7.22 Å². The second-order valence-electron chi connectivity index (χ2n) is 3.89. The molecule has 0 bridgehead atoms. The van der Waals surface area contributed by atoms with Crippen LogP contribution in [0.25, 0.3) is 0 Å². The van der Waals surface area contributed by atoms with Gasteiger partial charge in [-0.15, -0.1) is 0 Å². The summed E-state index contributed by atoms with van der Waals surface area (Å²) in [6, 6.07) is 0. The minimum atomic E-state index is -0.898. The highest BCUT2D eigenvalue weighted by molar-refractivity contribution is 8.47. The van der Waals surface area contributed by atoms with Crippen molar-refractivity contribution in [1.29, 1.82) is 0 Å². The normalized spacial score (nSPS) is 27.3. The van der Waals surface area contributed by atoms with Crippen molar-refractivity contribution in [2.75, 3.05) is 0 Å². The second-order valence-corrected chi connectivity index (χ2v) is 15.3. The van der Waals surface area contributed by atoms with E-state index in [1.54, 1.807) is 4.91 Å². The Morgan fingerprint density at radius 1 is 1.36 bits per heavy atom. The molecule has 2 heteroatoms. The Balaban J connectivity index is 2.75. The van der Waals surface area contributed by atoms with Gasteiger partial charge in [0.1, 0.15) is 0 Å². The third-order valence-corrected chi connectivity index (χ3v) is 10.6. The molecule has 1 heterocycles. The van der Waals surface area contributed by atoms with Crippen molar-refractivity contribution in [3.63, 3.8) is 0 Å². The Bertz CT molecular complexity index is 198. The molecule has 0 N–H and O–H groups in total. The summed E-state index contributed by atoms with van der Waals surface area (Å²) in [7, 11) is -0.729. The molecular weight excluding hydrogens is 168 g/mol. The zero-order valence-electron chi connectivity index (χ0n) is 7.89. The van der Waals surface area contributed by atoms with Crippen molar-refractivity contribution in [1.82, 2.24) is 0 Å². The van der Waals surface area contributed by atoms with Crippen LogP contribution in [0.4, 0.5) is 0 Å². The van der Waals surface area contributed by atoms with Crippen LogP contribution in [0.5, 0.6) is 0 Å². The van der Waals surface area contributed by atoms with Crippen LogP contribution in [0.2, 0.25) is 19.6 Å². The molecule has 64 valence electrons. The summed E-state index contributed by atoms with van der Waals surface area (Å²) in [5.41, 5.74) is 0. The Kier molecular flexibility index (Phi) is 2.65. The van der Waals surface area contributed by atoms with E-state index in [-0.39, 0.29) is 10.3 Å². The molecule has 0 amide bonds. The van der Waals surface area contributed by atoms with Crippen molar-refractivity contribution in [3.8, 4) is 0 Å². The SMILES string of the molecule is CCC1=CC=C[SH]1[Si](C)(C)C. The van der Waals surface area contributed by atoms with E-state index in [0.717, 1.165) is 0 Å². The first kappa shape index (κ1) is 9.14. The standard InChI is InChI=1S/C9H18SSi/c1-5-9-7-6-8-10(9)11(2,3)4/h6-8,10H,5H2,1-4H3. The molecule has 1 atom stereocenters. The number of rotatable bonds is 2. The molecular formula is C9H18SSi. The summed E-state index contributed by atoms with van der Waals surface area (Å²) in [6.45, 7) is 9.68. The lowest BCUT2D eigenvalue weighted by Crippen LogP contribution is -2.19. The lowest BCUT2D eigenvalue weighted by molar-refractivity contribution is 1.20. The van der Waals surface area contributed by atoms with E-state index >= 15 is 0 Å². The van der Waals surface area contributed by atoms with E-state index in [0.29, 0.717) is 0 Å². The molecule has 0 aliphatic carbocycles. The Morgan fingerprint density at radius 2 is 2.00 bits per heavy atom. The van der Waals surface area contributed by atoms with Crippen molar-refractivity contribution in [2.24, 2.45) is 0 Å². The molecule has 1 unspecified atom stereocenters. The van der Waals surface area contributed by atoms with Crippen LogP contribution in [0.15, 0.2) is 22.5 Å². The van der Waals surface area contributed by atoms with Crippen molar-refractivity contribution < 1.29 is 0 Å². The predicted octanol–water partition coefficient (Wildman–Crippen LogP) is 3.64. The molecule has 0 aromatic heterocycles. The van der Waals surface area contributed by atoms with E-state index in [1.807, 2.05) is 0 Å². The number of hydrogen-bond donors (Lipinski definition) is 1. The second kappa shape index (κ2) is 3.19. The van der Waals surface area contributed by atoms with Crippen molar-refractivity contribution >= 4 is 17.6 Å². The molecule has 1 aliphatic heterocycles. The zero-order valence-corrected chi connectivity index (χ0v) is 9.78. The molecule has 11 heavy (non-hydrogen) atoms. The highest BCUT2D eigenvalue weighted by Gasteiger charge is 2.24. The summed E-state index contributed by atoms with van der Waals surface area (Å²) in [6.07, 6.45) is 5.83. The van der Waals surface area contributed by atoms with Gasteiger partial charge in [-0.05, 0) is 11.3 Å². The predicted molar refractivity (Wildman–Crippen MR) is 59.8 cm³/mol. The summed E-state index contributed by atoms with van der Waals surface area (Å²) in [5.74, 6) is 0. The molecule has 1 aliphatic rings. The maximum Gasteiger partial charge on any atom is 0.0945 e. The maximum absolute atomic E-state index is 2.47. The van der Waals surface area contributed by atoms with Gasteiger partial charge >= 0.3 is 0 Å². The first-order valence-corrected chi connectivity index (χ1v) is 9.97. The summed E-state index contributed by atoms with van der Waals surface area (Å²) >= 11 is 0. The zero-order chi connectivity index (χ0) is 8.48. The van der Waals surface area contributed by atoms with Crippen LogP contribution in [-0.2, 0) is 0 Å². The maximum atomic E-state index is 2.47. The van der Waals surface area contributed by atoms with Crippen LogP contribution in [0.1, 0.15) is 13.3 Å². The Morgan fingerprint density at radius 3 is 2.36 bits per heavy atom. The van der Waals surface area contributed by atoms with E-state index in [4.69, 9.17) is 0 Å². The monoisotopic (exact) mass is 186 g/mol. The van der Waals surface area contributed by atoms with Crippen molar-refractivity contribution in [2.45, 2.75) is 33.0 Å². The highest BCUT2D eigenvalue weighted by Crippen LogP contribution is 2.50. The first-order chi connectivity index (χ1) is 5.05.